The van der Waals surface area contributed by atoms with Crippen molar-refractivity contribution in [2.75, 3.05) is 13.2 Å². The van der Waals surface area contributed by atoms with Crippen molar-refractivity contribution >= 4 is 17.9 Å². The molecule has 8 heteroatoms. The molecular weight excluding hydrogens is 392 g/mol. The highest BCUT2D eigenvalue weighted by atomic mass is 16.6. The second-order valence-electron chi connectivity index (χ2n) is 7.78. The summed E-state index contributed by atoms with van der Waals surface area (Å²) < 4.78 is 16.7. The van der Waals surface area contributed by atoms with E-state index in [9.17, 15) is 19.5 Å². The van der Waals surface area contributed by atoms with Crippen molar-refractivity contribution in [1.29, 1.82) is 0 Å². The van der Waals surface area contributed by atoms with Crippen LogP contribution in [-0.4, -0.2) is 59.6 Å². The van der Waals surface area contributed by atoms with Gasteiger partial charge in [-0.3, -0.25) is 9.59 Å². The lowest BCUT2D eigenvalue weighted by atomic mass is 9.82. The first kappa shape index (κ1) is 23.8. The fourth-order valence-corrected chi connectivity index (χ4v) is 3.84. The van der Waals surface area contributed by atoms with Gasteiger partial charge in [0.15, 0.2) is 0 Å². The Morgan fingerprint density at radius 2 is 1.97 bits per heavy atom. The van der Waals surface area contributed by atoms with Crippen molar-refractivity contribution in [2.24, 2.45) is 11.8 Å². The minimum absolute atomic E-state index is 0.0488. The highest BCUT2D eigenvalue weighted by molar-refractivity contribution is 5.89. The van der Waals surface area contributed by atoms with Crippen molar-refractivity contribution in [1.82, 2.24) is 0 Å². The molecule has 0 aromatic rings. The third-order valence-corrected chi connectivity index (χ3v) is 5.49. The molecule has 0 radical (unpaired) electrons. The van der Waals surface area contributed by atoms with Gasteiger partial charge >= 0.3 is 17.9 Å². The zero-order valence-electron chi connectivity index (χ0n) is 17.8. The van der Waals surface area contributed by atoms with Crippen LogP contribution in [0.25, 0.3) is 0 Å². The SMILES string of the molecule is CC(=O)O[C@H]1C/C=C(\C)C[C@@H](OC(=O)/C(=C/CO)CO)[C@H]2[C@H](C)C(=O)O[C@@H]2C=C1C. The van der Waals surface area contributed by atoms with Crippen LogP contribution in [0.2, 0.25) is 0 Å². The Morgan fingerprint density at radius 3 is 2.57 bits per heavy atom. The summed E-state index contributed by atoms with van der Waals surface area (Å²) in [5, 5.41) is 18.4. The monoisotopic (exact) mass is 422 g/mol. The number of hydrogen-bond acceptors (Lipinski definition) is 8. The third kappa shape index (κ3) is 5.79. The molecule has 0 aromatic carbocycles. The maximum Gasteiger partial charge on any atom is 0.336 e. The molecule has 1 saturated heterocycles. The molecule has 30 heavy (non-hydrogen) atoms. The van der Waals surface area contributed by atoms with Crippen molar-refractivity contribution in [3.63, 3.8) is 0 Å². The van der Waals surface area contributed by atoms with Gasteiger partial charge < -0.3 is 24.4 Å². The van der Waals surface area contributed by atoms with Crippen molar-refractivity contribution in [3.05, 3.63) is 34.9 Å². The fraction of sp³-hybridized carbons (Fsp3) is 0.591. The van der Waals surface area contributed by atoms with Crippen LogP contribution in [0.1, 0.15) is 40.5 Å². The number of carbonyl (C=O) groups excluding carboxylic acids is 3. The molecule has 0 saturated carbocycles. The largest absolute Gasteiger partial charge is 0.458 e. The van der Waals surface area contributed by atoms with Crippen LogP contribution in [0.3, 0.4) is 0 Å². The van der Waals surface area contributed by atoms with Gasteiger partial charge in [0.1, 0.15) is 18.3 Å². The van der Waals surface area contributed by atoms with Crippen molar-refractivity contribution in [2.45, 2.75) is 58.8 Å². The molecule has 1 fully saturated rings. The van der Waals surface area contributed by atoms with E-state index in [0.717, 1.165) is 11.1 Å². The Bertz CT molecular complexity index is 763. The number of carbonyl (C=O) groups is 3. The number of aliphatic hydroxyl groups is 2. The summed E-state index contributed by atoms with van der Waals surface area (Å²) in [5.74, 6) is -2.51. The van der Waals surface area contributed by atoms with E-state index in [2.05, 4.69) is 0 Å². The van der Waals surface area contributed by atoms with Gasteiger partial charge in [0, 0.05) is 19.8 Å². The van der Waals surface area contributed by atoms with E-state index in [1.54, 1.807) is 19.9 Å². The molecule has 1 aliphatic carbocycles. The number of aliphatic hydroxyl groups excluding tert-OH is 2. The first-order valence-corrected chi connectivity index (χ1v) is 10.0. The standard InChI is InChI=1S/C22H30O8/c1-12-5-6-17(28-15(4)25)13(2)10-19-20(14(3)21(26)29-19)18(9-12)30-22(27)16(11-24)7-8-23/h5,7,10,14,17-20,23-24H,6,8-9,11H2,1-4H3/b12-5+,13-10?,16-7+/t14-,17-,18+,19+,20+/m0/s1. The highest BCUT2D eigenvalue weighted by Gasteiger charge is 2.47. The molecule has 166 valence electrons. The Labute approximate surface area is 176 Å². The second-order valence-corrected chi connectivity index (χ2v) is 7.78. The van der Waals surface area contributed by atoms with E-state index >= 15 is 0 Å². The van der Waals surface area contributed by atoms with Crippen LogP contribution in [0.4, 0.5) is 0 Å². The summed E-state index contributed by atoms with van der Waals surface area (Å²) in [7, 11) is 0. The summed E-state index contributed by atoms with van der Waals surface area (Å²) in [6.45, 7) is 5.78. The van der Waals surface area contributed by atoms with Crippen LogP contribution >= 0.6 is 0 Å². The van der Waals surface area contributed by atoms with Gasteiger partial charge in [-0.25, -0.2) is 4.79 Å². The minimum atomic E-state index is -0.745. The van der Waals surface area contributed by atoms with Crippen molar-refractivity contribution in [3.8, 4) is 0 Å². The Morgan fingerprint density at radius 1 is 1.27 bits per heavy atom. The third-order valence-electron chi connectivity index (χ3n) is 5.49. The quantitative estimate of drug-likeness (QED) is 0.297. The Kier molecular flexibility index (Phi) is 8.37. The maximum absolute atomic E-state index is 12.5. The summed E-state index contributed by atoms with van der Waals surface area (Å²) in [6, 6.07) is 0. The summed E-state index contributed by atoms with van der Waals surface area (Å²) in [5.41, 5.74) is 1.60. The van der Waals surface area contributed by atoms with Crippen LogP contribution < -0.4 is 0 Å². The molecule has 2 aliphatic rings. The predicted octanol–water partition coefficient (Wildman–Crippen LogP) is 1.60. The Hall–Kier alpha value is -2.45. The molecule has 0 aromatic heterocycles. The molecule has 1 aliphatic heterocycles. The van der Waals surface area contributed by atoms with Gasteiger partial charge in [-0.15, -0.1) is 0 Å². The molecule has 2 rings (SSSR count). The lowest BCUT2D eigenvalue weighted by Crippen LogP contribution is -2.37. The molecule has 8 nitrogen and oxygen atoms in total. The van der Waals surface area contributed by atoms with Gasteiger partial charge in [0.2, 0.25) is 0 Å². The Balaban J connectivity index is 2.41. The van der Waals surface area contributed by atoms with Gasteiger partial charge in [0.05, 0.1) is 30.6 Å². The molecule has 0 bridgehead atoms. The van der Waals surface area contributed by atoms with Gasteiger partial charge in [0.25, 0.3) is 0 Å². The van der Waals surface area contributed by atoms with Crippen LogP contribution in [0, 0.1) is 11.8 Å². The molecule has 1 heterocycles. The summed E-state index contributed by atoms with van der Waals surface area (Å²) in [6.07, 6.45) is 3.87. The number of rotatable bonds is 5. The molecule has 2 N–H and O–H groups in total. The van der Waals surface area contributed by atoms with E-state index in [0.29, 0.717) is 12.8 Å². The lowest BCUT2D eigenvalue weighted by molar-refractivity contribution is -0.149. The fourth-order valence-electron chi connectivity index (χ4n) is 3.84. The number of esters is 3. The molecular formula is C22H30O8. The highest BCUT2D eigenvalue weighted by Crippen LogP contribution is 2.37. The van der Waals surface area contributed by atoms with Crippen LogP contribution in [0.15, 0.2) is 34.9 Å². The van der Waals surface area contributed by atoms with Crippen LogP contribution in [0.5, 0.6) is 0 Å². The molecule has 5 atom stereocenters. The lowest BCUT2D eigenvalue weighted by Gasteiger charge is -2.30. The topological polar surface area (TPSA) is 119 Å². The normalized spacial score (nSPS) is 31.6. The van der Waals surface area contributed by atoms with Gasteiger partial charge in [-0.1, -0.05) is 18.6 Å². The number of fused-ring (bicyclic) bond motifs is 1. The minimum Gasteiger partial charge on any atom is -0.458 e. The predicted molar refractivity (Wildman–Crippen MR) is 107 cm³/mol. The second kappa shape index (κ2) is 10.5. The summed E-state index contributed by atoms with van der Waals surface area (Å²) >= 11 is 0. The molecule has 0 spiro atoms. The maximum atomic E-state index is 12.5. The average Bonchev–Trinajstić information content (AvgIpc) is 2.94. The number of ether oxygens (including phenoxy) is 3. The molecule has 0 amide bonds. The zero-order chi connectivity index (χ0) is 22.4. The van der Waals surface area contributed by atoms with Gasteiger partial charge in [-0.2, -0.15) is 0 Å². The van der Waals surface area contributed by atoms with E-state index in [4.69, 9.17) is 19.3 Å². The van der Waals surface area contributed by atoms with E-state index in [-0.39, 0.29) is 5.57 Å². The number of hydrogen-bond donors (Lipinski definition) is 2. The average molecular weight is 422 g/mol. The van der Waals surface area contributed by atoms with Gasteiger partial charge in [-0.05, 0) is 31.6 Å². The summed E-state index contributed by atoms with van der Waals surface area (Å²) in [4.78, 5) is 36.3. The first-order chi connectivity index (χ1) is 14.2. The van der Waals surface area contributed by atoms with E-state index < -0.39 is 61.3 Å². The van der Waals surface area contributed by atoms with Crippen LogP contribution in [-0.2, 0) is 28.6 Å². The van der Waals surface area contributed by atoms with E-state index in [1.807, 2.05) is 13.0 Å². The molecule has 0 unspecified atom stereocenters. The zero-order valence-corrected chi connectivity index (χ0v) is 17.8. The van der Waals surface area contributed by atoms with E-state index in [1.165, 1.54) is 13.0 Å². The smallest absolute Gasteiger partial charge is 0.336 e. The first-order valence-electron chi connectivity index (χ1n) is 10.0. The van der Waals surface area contributed by atoms with Crippen molar-refractivity contribution < 1.29 is 38.8 Å².